The number of carbonyl (C=O) groups excluding carboxylic acids is 1. The summed E-state index contributed by atoms with van der Waals surface area (Å²) in [6, 6.07) is 5.89. The third-order valence-electron chi connectivity index (χ3n) is 3.13. The summed E-state index contributed by atoms with van der Waals surface area (Å²) in [5.41, 5.74) is 2.86. The number of hydrogen-bond acceptors (Lipinski definition) is 2. The van der Waals surface area contributed by atoms with Crippen LogP contribution in [0.3, 0.4) is 0 Å². The number of aryl methyl sites for hydroxylation is 1. The van der Waals surface area contributed by atoms with Crippen LogP contribution in [0.25, 0.3) is 10.9 Å². The van der Waals surface area contributed by atoms with Crippen molar-refractivity contribution in [2.45, 2.75) is 20.8 Å². The zero-order valence-electron chi connectivity index (χ0n) is 10.7. The van der Waals surface area contributed by atoms with Crippen LogP contribution in [0.15, 0.2) is 18.2 Å². The molecular formula is C14H17NO2. The average Bonchev–Trinajstić information content (AvgIpc) is 2.52. The molecule has 1 aromatic heterocycles. The number of benzene rings is 1. The Hall–Kier alpha value is -1.77. The standard InChI is InChI=1S/C14H17NO2/c1-5-17-11-6-7-13-12(8-11)14(10(3)16)9(2)15(13)4/h6-8H,5H2,1-4H3. The first-order chi connectivity index (χ1) is 8.06. The first-order valence-corrected chi connectivity index (χ1v) is 5.79. The molecular weight excluding hydrogens is 214 g/mol. The fourth-order valence-electron chi connectivity index (χ4n) is 2.25. The summed E-state index contributed by atoms with van der Waals surface area (Å²) in [5.74, 6) is 0.912. The van der Waals surface area contributed by atoms with Gasteiger partial charge >= 0.3 is 0 Å². The van der Waals surface area contributed by atoms with Gasteiger partial charge in [0.1, 0.15) is 5.75 Å². The molecule has 0 N–H and O–H groups in total. The minimum atomic E-state index is 0.0988. The highest BCUT2D eigenvalue weighted by Gasteiger charge is 2.15. The number of hydrogen-bond donors (Lipinski definition) is 0. The Morgan fingerprint density at radius 1 is 1.41 bits per heavy atom. The van der Waals surface area contributed by atoms with Crippen molar-refractivity contribution in [1.82, 2.24) is 4.57 Å². The van der Waals surface area contributed by atoms with E-state index in [4.69, 9.17) is 4.74 Å². The van der Waals surface area contributed by atoms with E-state index in [1.54, 1.807) is 6.92 Å². The van der Waals surface area contributed by atoms with Gasteiger partial charge in [0, 0.05) is 29.2 Å². The van der Waals surface area contributed by atoms with Crippen molar-refractivity contribution in [3.05, 3.63) is 29.5 Å². The van der Waals surface area contributed by atoms with Gasteiger partial charge in [0.05, 0.1) is 6.61 Å². The molecule has 0 aliphatic heterocycles. The second-order valence-corrected chi connectivity index (χ2v) is 4.19. The molecule has 0 bridgehead atoms. The van der Waals surface area contributed by atoms with Crippen LogP contribution in [0, 0.1) is 6.92 Å². The molecule has 3 heteroatoms. The first-order valence-electron chi connectivity index (χ1n) is 5.79. The fourth-order valence-corrected chi connectivity index (χ4v) is 2.25. The normalized spacial score (nSPS) is 10.8. The van der Waals surface area contributed by atoms with Crippen LogP contribution in [0.4, 0.5) is 0 Å². The van der Waals surface area contributed by atoms with Gasteiger partial charge in [-0.25, -0.2) is 0 Å². The Balaban J connectivity index is 2.74. The SMILES string of the molecule is CCOc1ccc2c(c1)c(C(C)=O)c(C)n2C. The fraction of sp³-hybridized carbons (Fsp3) is 0.357. The third-order valence-corrected chi connectivity index (χ3v) is 3.13. The number of Topliss-reactive ketones (excluding diaryl/α,β-unsaturated/α-hetero) is 1. The number of carbonyl (C=O) groups is 1. The Labute approximate surface area is 101 Å². The van der Waals surface area contributed by atoms with Gasteiger partial charge in [-0.1, -0.05) is 0 Å². The summed E-state index contributed by atoms with van der Waals surface area (Å²) in [5, 5.41) is 0.975. The Morgan fingerprint density at radius 2 is 2.12 bits per heavy atom. The van der Waals surface area contributed by atoms with Gasteiger partial charge in [-0.15, -0.1) is 0 Å². The van der Waals surface area contributed by atoms with Crippen molar-refractivity contribution in [2.75, 3.05) is 6.61 Å². The average molecular weight is 231 g/mol. The summed E-state index contributed by atoms with van der Waals surface area (Å²) in [6.45, 7) is 6.16. The van der Waals surface area contributed by atoms with Crippen molar-refractivity contribution in [1.29, 1.82) is 0 Å². The van der Waals surface area contributed by atoms with Crippen LogP contribution in [-0.4, -0.2) is 17.0 Å². The van der Waals surface area contributed by atoms with Crippen LogP contribution in [0.2, 0.25) is 0 Å². The monoisotopic (exact) mass is 231 g/mol. The van der Waals surface area contributed by atoms with Crippen molar-refractivity contribution >= 4 is 16.7 Å². The molecule has 17 heavy (non-hydrogen) atoms. The van der Waals surface area contributed by atoms with E-state index in [2.05, 4.69) is 0 Å². The lowest BCUT2D eigenvalue weighted by atomic mass is 10.1. The Bertz CT molecular complexity index is 581. The summed E-state index contributed by atoms with van der Waals surface area (Å²) in [4.78, 5) is 11.7. The molecule has 0 fully saturated rings. The van der Waals surface area contributed by atoms with E-state index in [0.29, 0.717) is 6.61 Å². The minimum Gasteiger partial charge on any atom is -0.494 e. The van der Waals surface area contributed by atoms with Crippen LogP contribution in [-0.2, 0) is 7.05 Å². The quantitative estimate of drug-likeness (QED) is 0.760. The van der Waals surface area contributed by atoms with E-state index in [9.17, 15) is 4.79 Å². The number of ether oxygens (including phenoxy) is 1. The molecule has 0 atom stereocenters. The second kappa shape index (κ2) is 4.24. The zero-order chi connectivity index (χ0) is 12.6. The van der Waals surface area contributed by atoms with Crippen molar-refractivity contribution in [3.63, 3.8) is 0 Å². The van der Waals surface area contributed by atoms with Crippen LogP contribution >= 0.6 is 0 Å². The summed E-state index contributed by atoms with van der Waals surface area (Å²) in [7, 11) is 1.98. The molecule has 1 aromatic carbocycles. The van der Waals surface area contributed by atoms with Gasteiger partial charge in [-0.3, -0.25) is 4.79 Å². The molecule has 2 aromatic rings. The lowest BCUT2D eigenvalue weighted by Crippen LogP contribution is -1.96. The highest BCUT2D eigenvalue weighted by Crippen LogP contribution is 2.28. The molecule has 0 saturated carbocycles. The molecule has 0 aliphatic carbocycles. The molecule has 0 radical (unpaired) electrons. The minimum absolute atomic E-state index is 0.0988. The van der Waals surface area contributed by atoms with E-state index in [-0.39, 0.29) is 5.78 Å². The summed E-state index contributed by atoms with van der Waals surface area (Å²) >= 11 is 0. The summed E-state index contributed by atoms with van der Waals surface area (Å²) in [6.07, 6.45) is 0. The van der Waals surface area contributed by atoms with Gasteiger partial charge in [0.15, 0.2) is 5.78 Å². The van der Waals surface area contributed by atoms with E-state index in [1.165, 1.54) is 0 Å². The van der Waals surface area contributed by atoms with Gasteiger partial charge in [-0.05, 0) is 39.0 Å². The Kier molecular flexibility index (Phi) is 2.92. The molecule has 0 unspecified atom stereocenters. The molecule has 1 heterocycles. The predicted octanol–water partition coefficient (Wildman–Crippen LogP) is 3.09. The van der Waals surface area contributed by atoms with Gasteiger partial charge in [0.2, 0.25) is 0 Å². The Morgan fingerprint density at radius 3 is 2.71 bits per heavy atom. The maximum Gasteiger partial charge on any atom is 0.162 e. The van der Waals surface area contributed by atoms with E-state index >= 15 is 0 Å². The van der Waals surface area contributed by atoms with Crippen LogP contribution in [0.5, 0.6) is 5.75 Å². The number of nitrogens with zero attached hydrogens (tertiary/aromatic N) is 1. The zero-order valence-corrected chi connectivity index (χ0v) is 10.7. The number of aromatic nitrogens is 1. The van der Waals surface area contributed by atoms with Gasteiger partial charge in [0.25, 0.3) is 0 Å². The second-order valence-electron chi connectivity index (χ2n) is 4.19. The number of ketones is 1. The van der Waals surface area contributed by atoms with E-state index in [1.807, 2.05) is 43.7 Å². The topological polar surface area (TPSA) is 31.2 Å². The molecule has 90 valence electrons. The van der Waals surface area contributed by atoms with E-state index < -0.39 is 0 Å². The molecule has 0 aliphatic rings. The summed E-state index contributed by atoms with van der Waals surface area (Å²) < 4.78 is 7.52. The lowest BCUT2D eigenvalue weighted by Gasteiger charge is -2.03. The van der Waals surface area contributed by atoms with Crippen molar-refractivity contribution < 1.29 is 9.53 Å². The molecule has 0 saturated heterocycles. The predicted molar refractivity (Wildman–Crippen MR) is 68.8 cm³/mol. The highest BCUT2D eigenvalue weighted by atomic mass is 16.5. The largest absolute Gasteiger partial charge is 0.494 e. The molecule has 0 spiro atoms. The van der Waals surface area contributed by atoms with Gasteiger partial charge < -0.3 is 9.30 Å². The number of rotatable bonds is 3. The van der Waals surface area contributed by atoms with Crippen molar-refractivity contribution in [2.24, 2.45) is 7.05 Å². The first kappa shape index (κ1) is 11.7. The van der Waals surface area contributed by atoms with Gasteiger partial charge in [-0.2, -0.15) is 0 Å². The van der Waals surface area contributed by atoms with Crippen molar-refractivity contribution in [3.8, 4) is 5.75 Å². The maximum absolute atomic E-state index is 11.7. The third kappa shape index (κ3) is 1.82. The molecule has 3 nitrogen and oxygen atoms in total. The van der Waals surface area contributed by atoms with Crippen LogP contribution < -0.4 is 4.74 Å². The van der Waals surface area contributed by atoms with E-state index in [0.717, 1.165) is 27.9 Å². The van der Waals surface area contributed by atoms with Crippen LogP contribution in [0.1, 0.15) is 29.9 Å². The molecule has 0 amide bonds. The molecule has 2 rings (SSSR count). The number of fused-ring (bicyclic) bond motifs is 1. The highest BCUT2D eigenvalue weighted by molar-refractivity contribution is 6.08. The lowest BCUT2D eigenvalue weighted by molar-refractivity contribution is 0.101. The maximum atomic E-state index is 11.7. The smallest absolute Gasteiger partial charge is 0.162 e.